The predicted molar refractivity (Wildman–Crippen MR) is 86.9 cm³/mol. The number of nitrogens with zero attached hydrogens (tertiary/aromatic N) is 1. The molecule has 0 saturated carbocycles. The number of hydrogen-bond donors (Lipinski definition) is 0. The number of esters is 1. The third-order valence-electron chi connectivity index (χ3n) is 4.23. The standard InChI is InChI=1S/C17H21NO3S/c19-16(13-5-2-1-3-6-13)18-9-4-7-14(11-18)17(20)21-15-8-10-22-12-15/h1-3,5-6,14-15H,4,7-12H2/t14-,15-/m1/s1. The number of likely N-dealkylation sites (tertiary alicyclic amines) is 1. The lowest BCUT2D eigenvalue weighted by Crippen LogP contribution is -2.43. The number of thioether (sulfide) groups is 1. The van der Waals surface area contributed by atoms with Gasteiger partial charge in [0, 0.05) is 24.4 Å². The van der Waals surface area contributed by atoms with E-state index in [1.165, 1.54) is 0 Å². The number of amides is 1. The van der Waals surface area contributed by atoms with Crippen LogP contribution >= 0.6 is 11.8 Å². The van der Waals surface area contributed by atoms with Gasteiger partial charge >= 0.3 is 5.97 Å². The molecule has 0 N–H and O–H groups in total. The molecule has 2 atom stereocenters. The van der Waals surface area contributed by atoms with Gasteiger partial charge in [0.1, 0.15) is 6.10 Å². The van der Waals surface area contributed by atoms with Crippen LogP contribution < -0.4 is 0 Å². The molecule has 0 aliphatic carbocycles. The Morgan fingerprint density at radius 1 is 1.18 bits per heavy atom. The van der Waals surface area contributed by atoms with Crippen LogP contribution in [0, 0.1) is 5.92 Å². The Bertz CT molecular complexity index is 528. The molecule has 2 aliphatic heterocycles. The quantitative estimate of drug-likeness (QED) is 0.804. The van der Waals surface area contributed by atoms with Gasteiger partial charge in [0.25, 0.3) is 5.91 Å². The van der Waals surface area contributed by atoms with Gasteiger partial charge in [0.2, 0.25) is 0 Å². The smallest absolute Gasteiger partial charge is 0.311 e. The lowest BCUT2D eigenvalue weighted by atomic mass is 9.97. The third-order valence-corrected chi connectivity index (χ3v) is 5.37. The van der Waals surface area contributed by atoms with Gasteiger partial charge in [-0.05, 0) is 37.1 Å². The molecule has 2 heterocycles. The molecule has 0 unspecified atom stereocenters. The van der Waals surface area contributed by atoms with Crippen molar-refractivity contribution in [1.82, 2.24) is 4.90 Å². The number of ether oxygens (including phenoxy) is 1. The molecule has 2 aliphatic rings. The fourth-order valence-electron chi connectivity index (χ4n) is 2.98. The van der Waals surface area contributed by atoms with E-state index in [9.17, 15) is 9.59 Å². The van der Waals surface area contributed by atoms with Crippen LogP contribution in [0.5, 0.6) is 0 Å². The molecule has 1 amide bonds. The van der Waals surface area contributed by atoms with E-state index in [-0.39, 0.29) is 23.9 Å². The zero-order valence-corrected chi connectivity index (χ0v) is 13.4. The van der Waals surface area contributed by atoms with Crippen molar-refractivity contribution in [3.8, 4) is 0 Å². The van der Waals surface area contributed by atoms with Crippen LogP contribution in [0.25, 0.3) is 0 Å². The summed E-state index contributed by atoms with van der Waals surface area (Å²) in [5.41, 5.74) is 0.684. The van der Waals surface area contributed by atoms with Gasteiger partial charge in [0.05, 0.1) is 5.92 Å². The van der Waals surface area contributed by atoms with E-state index in [0.29, 0.717) is 12.1 Å². The summed E-state index contributed by atoms with van der Waals surface area (Å²) >= 11 is 1.83. The van der Waals surface area contributed by atoms with Gasteiger partial charge in [-0.3, -0.25) is 9.59 Å². The van der Waals surface area contributed by atoms with Gasteiger partial charge in [-0.15, -0.1) is 0 Å². The topological polar surface area (TPSA) is 46.6 Å². The highest BCUT2D eigenvalue weighted by Gasteiger charge is 2.31. The van der Waals surface area contributed by atoms with Crippen molar-refractivity contribution in [1.29, 1.82) is 0 Å². The molecular weight excluding hydrogens is 298 g/mol. The molecule has 3 rings (SSSR count). The van der Waals surface area contributed by atoms with Crippen molar-refractivity contribution >= 4 is 23.6 Å². The Balaban J connectivity index is 1.59. The highest BCUT2D eigenvalue weighted by atomic mass is 32.2. The second-order valence-corrected chi connectivity index (χ2v) is 7.03. The lowest BCUT2D eigenvalue weighted by Gasteiger charge is -2.32. The summed E-state index contributed by atoms with van der Waals surface area (Å²) in [6.07, 6.45) is 2.70. The maximum atomic E-state index is 12.5. The molecule has 2 saturated heterocycles. The molecule has 4 nitrogen and oxygen atoms in total. The van der Waals surface area contributed by atoms with Crippen molar-refractivity contribution in [2.75, 3.05) is 24.6 Å². The average Bonchev–Trinajstić information content (AvgIpc) is 3.08. The van der Waals surface area contributed by atoms with Crippen LogP contribution in [0.3, 0.4) is 0 Å². The fraction of sp³-hybridized carbons (Fsp3) is 0.529. The molecule has 5 heteroatoms. The van der Waals surface area contributed by atoms with E-state index in [1.807, 2.05) is 42.1 Å². The molecule has 118 valence electrons. The maximum Gasteiger partial charge on any atom is 0.311 e. The summed E-state index contributed by atoms with van der Waals surface area (Å²) in [4.78, 5) is 26.6. The first-order chi connectivity index (χ1) is 10.7. The van der Waals surface area contributed by atoms with E-state index in [4.69, 9.17) is 4.74 Å². The Kier molecular flexibility index (Phi) is 5.03. The van der Waals surface area contributed by atoms with Crippen molar-refractivity contribution < 1.29 is 14.3 Å². The minimum absolute atomic E-state index is 0.00882. The molecule has 0 bridgehead atoms. The van der Waals surface area contributed by atoms with Gasteiger partial charge in [-0.25, -0.2) is 0 Å². The Morgan fingerprint density at radius 2 is 2.00 bits per heavy atom. The van der Waals surface area contributed by atoms with E-state index < -0.39 is 0 Å². The Morgan fingerprint density at radius 3 is 2.73 bits per heavy atom. The molecule has 0 spiro atoms. The summed E-state index contributed by atoms with van der Waals surface area (Å²) in [5.74, 6) is 1.69. The van der Waals surface area contributed by atoms with Crippen molar-refractivity contribution in [2.45, 2.75) is 25.4 Å². The van der Waals surface area contributed by atoms with Crippen LogP contribution in [0.1, 0.15) is 29.6 Å². The SMILES string of the molecule is O=C(O[C@@H]1CCSC1)[C@@H]1CCCN(C(=O)c2ccccc2)C1. The van der Waals surface area contributed by atoms with E-state index in [1.54, 1.807) is 4.90 Å². The summed E-state index contributed by atoms with van der Waals surface area (Å²) in [6.45, 7) is 1.20. The monoisotopic (exact) mass is 319 g/mol. The normalized spacial score (nSPS) is 25.0. The number of rotatable bonds is 3. The predicted octanol–water partition coefficient (Wildman–Crippen LogP) is 2.59. The number of benzene rings is 1. The average molecular weight is 319 g/mol. The Labute approximate surface area is 135 Å². The zero-order chi connectivity index (χ0) is 15.4. The molecule has 1 aromatic carbocycles. The van der Waals surface area contributed by atoms with E-state index in [2.05, 4.69) is 0 Å². The van der Waals surface area contributed by atoms with Gasteiger partial charge in [0.15, 0.2) is 0 Å². The molecule has 0 radical (unpaired) electrons. The van der Waals surface area contributed by atoms with Gasteiger partial charge in [-0.1, -0.05) is 18.2 Å². The van der Waals surface area contributed by atoms with Gasteiger partial charge in [-0.2, -0.15) is 11.8 Å². The fourth-order valence-corrected chi connectivity index (χ4v) is 4.08. The first-order valence-electron chi connectivity index (χ1n) is 7.86. The van der Waals surface area contributed by atoms with Gasteiger partial charge < -0.3 is 9.64 Å². The van der Waals surface area contributed by atoms with Crippen molar-refractivity contribution in [3.63, 3.8) is 0 Å². The highest BCUT2D eigenvalue weighted by Crippen LogP contribution is 2.24. The van der Waals surface area contributed by atoms with Crippen LogP contribution in [0.15, 0.2) is 30.3 Å². The minimum Gasteiger partial charge on any atom is -0.461 e. The maximum absolute atomic E-state index is 12.5. The number of carbonyl (C=O) groups is 2. The first-order valence-corrected chi connectivity index (χ1v) is 9.02. The second kappa shape index (κ2) is 7.18. The zero-order valence-electron chi connectivity index (χ0n) is 12.6. The molecule has 1 aromatic rings. The molecule has 0 aromatic heterocycles. The minimum atomic E-state index is -0.174. The molecule has 2 fully saturated rings. The summed E-state index contributed by atoms with van der Waals surface area (Å²) < 4.78 is 5.59. The third kappa shape index (κ3) is 3.64. The molecule has 22 heavy (non-hydrogen) atoms. The van der Waals surface area contributed by atoms with Crippen LogP contribution in [0.2, 0.25) is 0 Å². The van der Waals surface area contributed by atoms with Crippen molar-refractivity contribution in [3.05, 3.63) is 35.9 Å². The highest BCUT2D eigenvalue weighted by molar-refractivity contribution is 7.99. The van der Waals surface area contributed by atoms with E-state index in [0.717, 1.165) is 37.3 Å². The number of piperidine rings is 1. The Hall–Kier alpha value is -1.49. The lowest BCUT2D eigenvalue weighted by molar-refractivity contribution is -0.154. The number of carbonyl (C=O) groups excluding carboxylic acids is 2. The summed E-state index contributed by atoms with van der Waals surface area (Å²) in [5, 5.41) is 0. The summed E-state index contributed by atoms with van der Waals surface area (Å²) in [6, 6.07) is 9.26. The first kappa shape index (κ1) is 15.4. The summed E-state index contributed by atoms with van der Waals surface area (Å²) in [7, 11) is 0. The van der Waals surface area contributed by atoms with Crippen molar-refractivity contribution in [2.24, 2.45) is 5.92 Å². The van der Waals surface area contributed by atoms with Crippen LogP contribution in [-0.4, -0.2) is 47.5 Å². The number of hydrogen-bond acceptors (Lipinski definition) is 4. The largest absolute Gasteiger partial charge is 0.461 e. The molecular formula is C17H21NO3S. The van der Waals surface area contributed by atoms with E-state index >= 15 is 0 Å². The van der Waals surface area contributed by atoms with Crippen LogP contribution in [-0.2, 0) is 9.53 Å². The van der Waals surface area contributed by atoms with Crippen LogP contribution in [0.4, 0.5) is 0 Å². The second-order valence-electron chi connectivity index (χ2n) is 5.88.